The van der Waals surface area contributed by atoms with Crippen molar-refractivity contribution >= 4 is 5.78 Å². The van der Waals surface area contributed by atoms with Crippen molar-refractivity contribution < 1.29 is 18.0 Å². The Kier molecular flexibility index (Phi) is 1.65. The van der Waals surface area contributed by atoms with Crippen LogP contribution in [0.4, 0.5) is 13.2 Å². The van der Waals surface area contributed by atoms with E-state index in [1.165, 1.54) is 16.9 Å². The van der Waals surface area contributed by atoms with E-state index in [0.717, 1.165) is 0 Å². The number of halogens is 3. The first-order valence-electron chi connectivity index (χ1n) is 5.09. The van der Waals surface area contributed by atoms with Crippen LogP contribution in [-0.4, -0.2) is 21.7 Å². The molecular weight excluding hydrogens is 221 g/mol. The summed E-state index contributed by atoms with van der Waals surface area (Å²) in [5.74, 6) is -0.238. The Morgan fingerprint density at radius 2 is 2.12 bits per heavy atom. The third-order valence-corrected chi connectivity index (χ3v) is 3.62. The topological polar surface area (TPSA) is 34.9 Å². The maximum absolute atomic E-state index is 12.9. The monoisotopic (exact) mass is 230 g/mol. The number of carbonyl (C=O) groups is 1. The minimum absolute atomic E-state index is 0.0668. The van der Waals surface area contributed by atoms with Crippen molar-refractivity contribution in [3.63, 3.8) is 0 Å². The van der Waals surface area contributed by atoms with Crippen molar-refractivity contribution in [1.82, 2.24) is 9.78 Å². The number of fused-ring (bicyclic) bond motifs is 1. The van der Waals surface area contributed by atoms with Gasteiger partial charge in [0.05, 0.1) is 11.5 Å². The van der Waals surface area contributed by atoms with Gasteiger partial charge in [-0.3, -0.25) is 9.48 Å². The van der Waals surface area contributed by atoms with Crippen LogP contribution in [0.25, 0.3) is 0 Å². The second kappa shape index (κ2) is 2.67. The zero-order valence-electron chi connectivity index (χ0n) is 8.29. The summed E-state index contributed by atoms with van der Waals surface area (Å²) >= 11 is 0. The van der Waals surface area contributed by atoms with Gasteiger partial charge in [-0.1, -0.05) is 0 Å². The average molecular weight is 230 g/mol. The Bertz CT molecular complexity index is 459. The first kappa shape index (κ1) is 9.86. The Morgan fingerprint density at radius 3 is 2.69 bits per heavy atom. The molecule has 0 saturated heterocycles. The molecule has 1 aromatic rings. The number of carbonyl (C=O) groups excluding carboxylic acids is 1. The number of aromatic nitrogens is 2. The van der Waals surface area contributed by atoms with Crippen molar-refractivity contribution in [2.24, 2.45) is 5.41 Å². The number of Topliss-reactive ketones (excluding diaryl/α,β-unsaturated/α-hetero) is 1. The van der Waals surface area contributed by atoms with Gasteiger partial charge in [0, 0.05) is 12.6 Å². The Balaban J connectivity index is 2.03. The van der Waals surface area contributed by atoms with Gasteiger partial charge >= 0.3 is 6.18 Å². The molecule has 1 atom stereocenters. The van der Waals surface area contributed by atoms with E-state index in [4.69, 9.17) is 0 Å². The fourth-order valence-electron chi connectivity index (χ4n) is 2.52. The normalized spacial score (nSPS) is 26.9. The largest absolute Gasteiger partial charge is 0.396 e. The summed E-state index contributed by atoms with van der Waals surface area (Å²) in [4.78, 5) is 11.5. The van der Waals surface area contributed by atoms with Gasteiger partial charge in [0.15, 0.2) is 5.78 Å². The highest BCUT2D eigenvalue weighted by Crippen LogP contribution is 2.65. The van der Waals surface area contributed by atoms with Crippen LogP contribution < -0.4 is 0 Å². The summed E-state index contributed by atoms with van der Waals surface area (Å²) in [5, 5.41) is 3.84. The first-order chi connectivity index (χ1) is 7.46. The molecule has 0 spiro atoms. The van der Waals surface area contributed by atoms with Gasteiger partial charge < -0.3 is 0 Å². The highest BCUT2D eigenvalue weighted by molar-refractivity contribution is 5.96. The summed E-state index contributed by atoms with van der Waals surface area (Å²) in [6, 6.07) is 0.652. The quantitative estimate of drug-likeness (QED) is 0.742. The van der Waals surface area contributed by atoms with Crippen LogP contribution in [0.3, 0.4) is 0 Å². The van der Waals surface area contributed by atoms with E-state index in [1.54, 1.807) is 0 Å². The van der Waals surface area contributed by atoms with Gasteiger partial charge in [0.1, 0.15) is 5.69 Å². The molecule has 0 N–H and O–H groups in total. The molecule has 1 unspecified atom stereocenters. The second-order valence-corrected chi connectivity index (χ2v) is 4.46. The van der Waals surface area contributed by atoms with Crippen LogP contribution in [0.1, 0.15) is 35.8 Å². The molecule has 16 heavy (non-hydrogen) atoms. The lowest BCUT2D eigenvalue weighted by molar-refractivity contribution is -0.200. The third kappa shape index (κ3) is 1.04. The molecule has 3 rings (SSSR count). The van der Waals surface area contributed by atoms with Gasteiger partial charge in [0.2, 0.25) is 0 Å². The molecule has 2 heterocycles. The molecule has 6 heteroatoms. The van der Waals surface area contributed by atoms with Gasteiger partial charge in [-0.05, 0) is 18.9 Å². The molecule has 1 aliphatic carbocycles. The van der Waals surface area contributed by atoms with Crippen molar-refractivity contribution in [2.45, 2.75) is 31.5 Å². The van der Waals surface area contributed by atoms with Crippen molar-refractivity contribution in [3.8, 4) is 0 Å². The van der Waals surface area contributed by atoms with Crippen LogP contribution in [-0.2, 0) is 0 Å². The molecular formula is C10H9F3N2O. The molecule has 2 aliphatic rings. The van der Waals surface area contributed by atoms with E-state index >= 15 is 0 Å². The number of alkyl halides is 3. The van der Waals surface area contributed by atoms with E-state index in [2.05, 4.69) is 5.10 Å². The highest BCUT2D eigenvalue weighted by atomic mass is 19.4. The van der Waals surface area contributed by atoms with Crippen LogP contribution in [0.2, 0.25) is 0 Å². The lowest BCUT2D eigenvalue weighted by Gasteiger charge is -2.25. The summed E-state index contributed by atoms with van der Waals surface area (Å²) in [5.41, 5.74) is -1.40. The Morgan fingerprint density at radius 1 is 1.44 bits per heavy atom. The average Bonchev–Trinajstić information content (AvgIpc) is 2.74. The molecule has 0 amide bonds. The minimum atomic E-state index is -4.24. The molecule has 0 radical (unpaired) electrons. The van der Waals surface area contributed by atoms with Gasteiger partial charge in [0.25, 0.3) is 0 Å². The maximum Gasteiger partial charge on any atom is 0.396 e. The van der Waals surface area contributed by atoms with Gasteiger partial charge in [-0.25, -0.2) is 0 Å². The first-order valence-corrected chi connectivity index (χ1v) is 5.09. The number of nitrogens with zero attached hydrogens (tertiary/aromatic N) is 2. The smallest absolute Gasteiger partial charge is 0.292 e. The van der Waals surface area contributed by atoms with E-state index in [0.29, 0.717) is 5.69 Å². The molecule has 0 aromatic carbocycles. The molecule has 3 nitrogen and oxygen atoms in total. The minimum Gasteiger partial charge on any atom is -0.292 e. The zero-order valence-corrected chi connectivity index (χ0v) is 8.29. The number of hydrogen-bond donors (Lipinski definition) is 0. The Hall–Kier alpha value is -1.33. The number of rotatable bonds is 1. The fourth-order valence-corrected chi connectivity index (χ4v) is 2.52. The molecule has 1 fully saturated rings. The van der Waals surface area contributed by atoms with E-state index < -0.39 is 17.6 Å². The zero-order chi connectivity index (χ0) is 11.6. The Labute approximate surface area is 89.2 Å². The van der Waals surface area contributed by atoms with Crippen LogP contribution in [0, 0.1) is 5.41 Å². The lowest BCUT2D eigenvalue weighted by atomic mass is 9.93. The van der Waals surface area contributed by atoms with Crippen LogP contribution in [0.5, 0.6) is 0 Å². The van der Waals surface area contributed by atoms with E-state index in [9.17, 15) is 18.0 Å². The molecule has 86 valence electrons. The summed E-state index contributed by atoms with van der Waals surface area (Å²) in [6.45, 7) is 0. The third-order valence-electron chi connectivity index (χ3n) is 3.62. The molecule has 1 saturated carbocycles. The summed E-state index contributed by atoms with van der Waals surface area (Å²) < 4.78 is 40.0. The van der Waals surface area contributed by atoms with Crippen molar-refractivity contribution in [2.75, 3.05) is 0 Å². The standard InChI is InChI=1S/C10H9F3N2O/c11-10(12,13)9(2-3-9)8-5-7(16)6-1-4-14-15(6)8/h1,4,8H,2-3,5H2. The lowest BCUT2D eigenvalue weighted by Crippen LogP contribution is -2.33. The SMILES string of the molecule is O=C1CC(C2(C(F)(F)F)CC2)n2nccc21. The second-order valence-electron chi connectivity index (χ2n) is 4.46. The highest BCUT2D eigenvalue weighted by Gasteiger charge is 2.69. The number of hydrogen-bond acceptors (Lipinski definition) is 2. The van der Waals surface area contributed by atoms with Gasteiger partial charge in [-0.15, -0.1) is 0 Å². The van der Waals surface area contributed by atoms with Crippen molar-refractivity contribution in [3.05, 3.63) is 18.0 Å². The van der Waals surface area contributed by atoms with E-state index in [1.807, 2.05) is 0 Å². The van der Waals surface area contributed by atoms with Crippen LogP contribution >= 0.6 is 0 Å². The summed E-state index contributed by atoms with van der Waals surface area (Å²) in [6.07, 6.45) is -2.72. The number of ketones is 1. The summed E-state index contributed by atoms with van der Waals surface area (Å²) in [7, 11) is 0. The molecule has 1 aromatic heterocycles. The van der Waals surface area contributed by atoms with Gasteiger partial charge in [-0.2, -0.15) is 18.3 Å². The molecule has 0 bridgehead atoms. The predicted octanol–water partition coefficient (Wildman–Crippen LogP) is 2.35. The predicted molar refractivity (Wildman–Crippen MR) is 47.9 cm³/mol. The molecule has 1 aliphatic heterocycles. The van der Waals surface area contributed by atoms with Crippen LogP contribution in [0.15, 0.2) is 12.3 Å². The van der Waals surface area contributed by atoms with Crippen molar-refractivity contribution in [1.29, 1.82) is 0 Å². The maximum atomic E-state index is 12.9. The fraction of sp³-hybridized carbons (Fsp3) is 0.600. The van der Waals surface area contributed by atoms with E-state index in [-0.39, 0.29) is 25.0 Å².